The van der Waals surface area contributed by atoms with Crippen molar-refractivity contribution < 1.29 is 9.52 Å². The Bertz CT molecular complexity index is 712. The number of nitrogens with one attached hydrogen (secondary N) is 1. The van der Waals surface area contributed by atoms with Crippen LogP contribution in [0.25, 0.3) is 22.4 Å². The van der Waals surface area contributed by atoms with Crippen LogP contribution < -0.4 is 5.73 Å². The predicted octanol–water partition coefficient (Wildman–Crippen LogP) is 2.30. The van der Waals surface area contributed by atoms with Gasteiger partial charge in [0.05, 0.1) is 17.8 Å². The van der Waals surface area contributed by atoms with Crippen molar-refractivity contribution in [3.05, 3.63) is 35.9 Å². The van der Waals surface area contributed by atoms with E-state index in [2.05, 4.69) is 9.97 Å². The van der Waals surface area contributed by atoms with Crippen molar-refractivity contribution in [1.29, 1.82) is 0 Å². The summed E-state index contributed by atoms with van der Waals surface area (Å²) in [7, 11) is 0. The minimum absolute atomic E-state index is 0.214. The van der Waals surface area contributed by atoms with Gasteiger partial charge in [-0.25, -0.2) is 4.98 Å². The number of phenols is 1. The summed E-state index contributed by atoms with van der Waals surface area (Å²) in [6, 6.07) is 5.13. The van der Waals surface area contributed by atoms with E-state index in [0.717, 1.165) is 22.2 Å². The third kappa shape index (κ3) is 1.56. The molecule has 3 aromatic rings. The first-order valence-corrected chi connectivity index (χ1v) is 5.66. The molecule has 2 aromatic heterocycles. The van der Waals surface area contributed by atoms with Crippen molar-refractivity contribution in [3.8, 4) is 17.2 Å². The Labute approximate surface area is 103 Å². The van der Waals surface area contributed by atoms with Crippen LogP contribution in [0.15, 0.2) is 28.8 Å². The quantitative estimate of drug-likeness (QED) is 0.644. The van der Waals surface area contributed by atoms with Crippen LogP contribution in [0.2, 0.25) is 0 Å². The second-order valence-electron chi connectivity index (χ2n) is 4.16. The first kappa shape index (κ1) is 10.9. The van der Waals surface area contributed by atoms with E-state index in [1.54, 1.807) is 12.1 Å². The number of aromatic amines is 1. The van der Waals surface area contributed by atoms with Gasteiger partial charge in [-0.2, -0.15) is 0 Å². The zero-order valence-corrected chi connectivity index (χ0v) is 9.90. The lowest BCUT2D eigenvalue weighted by Gasteiger charge is -1.95. The van der Waals surface area contributed by atoms with Gasteiger partial charge in [0.2, 0.25) is 5.89 Å². The van der Waals surface area contributed by atoms with Gasteiger partial charge in [-0.1, -0.05) is 0 Å². The summed E-state index contributed by atoms with van der Waals surface area (Å²) in [4.78, 5) is 7.47. The Morgan fingerprint density at radius 1 is 1.44 bits per heavy atom. The van der Waals surface area contributed by atoms with Gasteiger partial charge in [0.1, 0.15) is 11.5 Å². The smallest absolute Gasteiger partial charge is 0.228 e. The number of H-pyrrole nitrogens is 1. The molecule has 0 bridgehead atoms. The summed E-state index contributed by atoms with van der Waals surface area (Å²) < 4.78 is 5.62. The summed E-state index contributed by atoms with van der Waals surface area (Å²) in [5.41, 5.74) is 8.11. The molecule has 4 N–H and O–H groups in total. The van der Waals surface area contributed by atoms with Crippen LogP contribution in [0.1, 0.15) is 11.5 Å². The Kier molecular flexibility index (Phi) is 2.34. The Morgan fingerprint density at radius 2 is 2.28 bits per heavy atom. The third-order valence-corrected chi connectivity index (χ3v) is 2.97. The molecule has 0 amide bonds. The number of aromatic nitrogens is 2. The molecule has 0 aliphatic carbocycles. The molecule has 1 aromatic carbocycles. The Balaban J connectivity index is 2.21. The molecule has 0 atom stereocenters. The number of phenolic OH excluding ortho intramolecular Hbond substituents is 1. The maximum Gasteiger partial charge on any atom is 0.228 e. The highest BCUT2D eigenvalue weighted by Crippen LogP contribution is 2.31. The lowest BCUT2D eigenvalue weighted by Crippen LogP contribution is -1.95. The van der Waals surface area contributed by atoms with Crippen molar-refractivity contribution in [2.24, 2.45) is 5.73 Å². The van der Waals surface area contributed by atoms with Crippen LogP contribution in [-0.4, -0.2) is 15.1 Å². The van der Waals surface area contributed by atoms with Gasteiger partial charge in [-0.05, 0) is 25.1 Å². The number of nitrogens with two attached hydrogens (primary N) is 1. The van der Waals surface area contributed by atoms with Crippen LogP contribution in [0.4, 0.5) is 0 Å². The van der Waals surface area contributed by atoms with E-state index in [-0.39, 0.29) is 5.75 Å². The topological polar surface area (TPSA) is 88.1 Å². The van der Waals surface area contributed by atoms with E-state index in [4.69, 9.17) is 10.2 Å². The van der Waals surface area contributed by atoms with Gasteiger partial charge < -0.3 is 20.2 Å². The first-order chi connectivity index (χ1) is 8.69. The number of fused-ring (bicyclic) bond motifs is 1. The minimum Gasteiger partial charge on any atom is -0.508 e. The van der Waals surface area contributed by atoms with Gasteiger partial charge in [-0.3, -0.25) is 0 Å². The molecule has 3 rings (SSSR count). The van der Waals surface area contributed by atoms with Crippen LogP contribution in [0.5, 0.6) is 5.75 Å². The number of nitrogens with zero attached hydrogens (tertiary/aromatic N) is 1. The van der Waals surface area contributed by atoms with E-state index in [1.165, 1.54) is 0 Å². The van der Waals surface area contributed by atoms with Crippen LogP contribution in [0, 0.1) is 6.92 Å². The normalized spacial score (nSPS) is 11.2. The van der Waals surface area contributed by atoms with Gasteiger partial charge in [0, 0.05) is 17.1 Å². The molecule has 18 heavy (non-hydrogen) atoms. The number of benzene rings is 1. The van der Waals surface area contributed by atoms with Crippen molar-refractivity contribution in [1.82, 2.24) is 9.97 Å². The third-order valence-electron chi connectivity index (χ3n) is 2.97. The molecule has 5 nitrogen and oxygen atoms in total. The molecular formula is C13H13N3O2. The van der Waals surface area contributed by atoms with Gasteiger partial charge in [0.25, 0.3) is 0 Å². The number of aryl methyl sites for hydroxylation is 1. The molecule has 92 valence electrons. The van der Waals surface area contributed by atoms with Crippen molar-refractivity contribution >= 4 is 10.9 Å². The maximum atomic E-state index is 9.54. The second-order valence-corrected chi connectivity index (χ2v) is 4.16. The summed E-state index contributed by atoms with van der Waals surface area (Å²) >= 11 is 0. The van der Waals surface area contributed by atoms with Crippen molar-refractivity contribution in [2.75, 3.05) is 0 Å². The monoisotopic (exact) mass is 243 g/mol. The van der Waals surface area contributed by atoms with Gasteiger partial charge >= 0.3 is 0 Å². The number of hydrogen-bond donors (Lipinski definition) is 3. The largest absolute Gasteiger partial charge is 0.508 e. The van der Waals surface area contributed by atoms with Crippen molar-refractivity contribution in [3.63, 3.8) is 0 Å². The summed E-state index contributed by atoms with van der Waals surface area (Å²) in [6.07, 6.45) is 1.82. The lowest BCUT2D eigenvalue weighted by molar-refractivity contribution is 0.476. The van der Waals surface area contributed by atoms with Crippen LogP contribution >= 0.6 is 0 Å². The number of rotatable bonds is 2. The molecular weight excluding hydrogens is 230 g/mol. The lowest BCUT2D eigenvalue weighted by atomic mass is 10.1. The highest BCUT2D eigenvalue weighted by atomic mass is 16.4. The fraction of sp³-hybridized carbons (Fsp3) is 0.154. The molecule has 0 unspecified atom stereocenters. The fourth-order valence-electron chi connectivity index (χ4n) is 2.02. The average molecular weight is 243 g/mol. The maximum absolute atomic E-state index is 9.54. The van der Waals surface area contributed by atoms with E-state index >= 15 is 0 Å². The Hall–Kier alpha value is -2.27. The van der Waals surface area contributed by atoms with E-state index < -0.39 is 0 Å². The minimum atomic E-state index is 0.214. The number of oxazole rings is 1. The molecule has 0 saturated heterocycles. The summed E-state index contributed by atoms with van der Waals surface area (Å²) in [6.45, 7) is 2.19. The first-order valence-electron chi connectivity index (χ1n) is 5.66. The predicted molar refractivity (Wildman–Crippen MR) is 68.1 cm³/mol. The van der Waals surface area contributed by atoms with Crippen molar-refractivity contribution in [2.45, 2.75) is 13.5 Å². The zero-order valence-electron chi connectivity index (χ0n) is 9.90. The highest BCUT2D eigenvalue weighted by molar-refractivity contribution is 5.94. The Morgan fingerprint density at radius 3 is 3.00 bits per heavy atom. The molecule has 0 saturated carbocycles. The molecule has 2 heterocycles. The molecule has 0 aliphatic rings. The van der Waals surface area contributed by atoms with E-state index in [9.17, 15) is 5.11 Å². The van der Waals surface area contributed by atoms with Gasteiger partial charge in [-0.15, -0.1) is 0 Å². The molecule has 0 spiro atoms. The summed E-state index contributed by atoms with van der Waals surface area (Å²) in [5, 5.41) is 10.4. The fourth-order valence-corrected chi connectivity index (χ4v) is 2.02. The highest BCUT2D eigenvalue weighted by Gasteiger charge is 2.14. The second kappa shape index (κ2) is 3.89. The SMILES string of the molecule is Cc1nc(-c2c[nH]c3ccc(O)cc23)oc1CN. The van der Waals surface area contributed by atoms with Crippen LogP contribution in [0.3, 0.4) is 0 Å². The van der Waals surface area contributed by atoms with Crippen LogP contribution in [-0.2, 0) is 6.54 Å². The molecule has 0 fully saturated rings. The van der Waals surface area contributed by atoms with E-state index in [1.807, 2.05) is 19.2 Å². The molecule has 0 aliphatic heterocycles. The molecule has 5 heteroatoms. The average Bonchev–Trinajstić information content (AvgIpc) is 2.91. The zero-order chi connectivity index (χ0) is 12.7. The number of hydrogen-bond acceptors (Lipinski definition) is 4. The summed E-state index contributed by atoms with van der Waals surface area (Å²) in [5.74, 6) is 1.41. The van der Waals surface area contributed by atoms with Gasteiger partial charge in [0.15, 0.2) is 0 Å². The molecule has 0 radical (unpaired) electrons. The standard InChI is InChI=1S/C13H13N3O2/c1-7-12(5-14)18-13(16-7)10-6-15-11-3-2-8(17)4-9(10)11/h2-4,6,15,17H,5,14H2,1H3. The number of aromatic hydroxyl groups is 1. The van der Waals surface area contributed by atoms with E-state index in [0.29, 0.717) is 18.2 Å².